The molecule has 11 heteroatoms. The number of aliphatic hydroxyl groups is 1. The van der Waals surface area contributed by atoms with Gasteiger partial charge in [0.25, 0.3) is 5.91 Å². The number of amides is 1. The highest BCUT2D eigenvalue weighted by atomic mass is 16.5. The summed E-state index contributed by atoms with van der Waals surface area (Å²) in [5.74, 6) is 1.98. The second-order valence-electron chi connectivity index (χ2n) is 7.44. The number of nitrogens with one attached hydrogen (secondary N) is 2. The van der Waals surface area contributed by atoms with E-state index in [9.17, 15) is 4.79 Å². The SMILES string of the molecule is COc1c(OCCCNCCO)ccc2c3n(c(=NC(=O)c4cnc(C)nc4)nc12)CCN3. The molecule has 174 valence electrons. The molecule has 3 aromatic rings. The Morgan fingerprint density at radius 2 is 2.12 bits per heavy atom. The Labute approximate surface area is 190 Å². The molecular weight excluding hydrogens is 426 g/mol. The van der Waals surface area contributed by atoms with Gasteiger partial charge in [-0.25, -0.2) is 15.0 Å². The van der Waals surface area contributed by atoms with Crippen molar-refractivity contribution < 1.29 is 19.4 Å². The maximum atomic E-state index is 12.7. The molecule has 0 spiro atoms. The van der Waals surface area contributed by atoms with Gasteiger partial charge in [0.15, 0.2) is 11.5 Å². The molecule has 1 amide bonds. The summed E-state index contributed by atoms with van der Waals surface area (Å²) in [5.41, 5.74) is 1.12. The number of rotatable bonds is 9. The fraction of sp³-hybridized carbons (Fsp3) is 0.409. The van der Waals surface area contributed by atoms with Gasteiger partial charge in [-0.2, -0.15) is 4.99 Å². The first kappa shape index (κ1) is 22.6. The monoisotopic (exact) mass is 453 g/mol. The van der Waals surface area contributed by atoms with Gasteiger partial charge in [0.05, 0.1) is 25.9 Å². The first-order chi connectivity index (χ1) is 16.1. The lowest BCUT2D eigenvalue weighted by Gasteiger charge is -2.15. The van der Waals surface area contributed by atoms with Crippen molar-refractivity contribution in [2.75, 3.05) is 45.3 Å². The lowest BCUT2D eigenvalue weighted by Crippen LogP contribution is -2.25. The van der Waals surface area contributed by atoms with Gasteiger partial charge in [0.1, 0.15) is 17.2 Å². The van der Waals surface area contributed by atoms with Crippen LogP contribution in [-0.2, 0) is 6.54 Å². The summed E-state index contributed by atoms with van der Waals surface area (Å²) in [6.07, 6.45) is 3.69. The number of anilines is 1. The van der Waals surface area contributed by atoms with Crippen molar-refractivity contribution in [3.63, 3.8) is 0 Å². The summed E-state index contributed by atoms with van der Waals surface area (Å²) in [6.45, 7) is 4.95. The van der Waals surface area contributed by atoms with Crippen LogP contribution in [0.4, 0.5) is 5.82 Å². The Balaban J connectivity index is 1.70. The number of carbonyl (C=O) groups is 1. The van der Waals surface area contributed by atoms with Gasteiger partial charge in [-0.3, -0.25) is 9.36 Å². The van der Waals surface area contributed by atoms with Crippen LogP contribution in [0.2, 0.25) is 0 Å². The first-order valence-electron chi connectivity index (χ1n) is 10.8. The zero-order chi connectivity index (χ0) is 23.2. The van der Waals surface area contributed by atoms with Crippen LogP contribution in [0, 0.1) is 6.92 Å². The third-order valence-corrected chi connectivity index (χ3v) is 5.18. The summed E-state index contributed by atoms with van der Waals surface area (Å²) in [5, 5.41) is 16.1. The van der Waals surface area contributed by atoms with E-state index in [4.69, 9.17) is 14.6 Å². The van der Waals surface area contributed by atoms with Crippen LogP contribution < -0.4 is 25.7 Å². The summed E-state index contributed by atoms with van der Waals surface area (Å²) >= 11 is 0. The predicted molar refractivity (Wildman–Crippen MR) is 122 cm³/mol. The number of methoxy groups -OCH3 is 1. The van der Waals surface area contributed by atoms with Gasteiger partial charge in [-0.15, -0.1) is 0 Å². The Morgan fingerprint density at radius 1 is 1.30 bits per heavy atom. The molecule has 0 unspecified atom stereocenters. The van der Waals surface area contributed by atoms with Gasteiger partial charge in [-0.05, 0) is 32.0 Å². The van der Waals surface area contributed by atoms with Crippen LogP contribution in [0.1, 0.15) is 22.6 Å². The number of aryl methyl sites for hydroxylation is 1. The minimum Gasteiger partial charge on any atom is -0.491 e. The first-order valence-corrected chi connectivity index (χ1v) is 10.8. The smallest absolute Gasteiger partial charge is 0.283 e. The minimum absolute atomic E-state index is 0.105. The third-order valence-electron chi connectivity index (χ3n) is 5.18. The standard InChI is InChI=1S/C22H27N7O4/c1-14-25-12-15(13-26-14)21(31)28-22-27-18-16(20-24-7-9-29(20)22)4-5-17(19(18)32-2)33-11-3-6-23-8-10-30/h4-5,12-13,23-24,30H,3,6-11H2,1-2H3. The van der Waals surface area contributed by atoms with Gasteiger partial charge in [0.2, 0.25) is 5.62 Å². The molecule has 1 aliphatic rings. The van der Waals surface area contributed by atoms with Crippen LogP contribution >= 0.6 is 0 Å². The number of aliphatic hydroxyl groups excluding tert-OH is 1. The van der Waals surface area contributed by atoms with Crippen molar-refractivity contribution >= 4 is 22.6 Å². The van der Waals surface area contributed by atoms with Crippen molar-refractivity contribution in [1.82, 2.24) is 24.8 Å². The number of nitrogens with zero attached hydrogens (tertiary/aromatic N) is 5. The van der Waals surface area contributed by atoms with E-state index in [1.165, 1.54) is 12.4 Å². The summed E-state index contributed by atoms with van der Waals surface area (Å²) in [7, 11) is 1.56. The minimum atomic E-state index is -0.467. The Hall–Kier alpha value is -3.57. The quantitative estimate of drug-likeness (QED) is 0.399. The fourth-order valence-corrected chi connectivity index (χ4v) is 3.59. The highest BCUT2D eigenvalue weighted by Gasteiger charge is 2.21. The average Bonchev–Trinajstić information content (AvgIpc) is 3.32. The molecule has 33 heavy (non-hydrogen) atoms. The maximum Gasteiger partial charge on any atom is 0.283 e. The number of benzene rings is 1. The molecule has 2 aromatic heterocycles. The lowest BCUT2D eigenvalue weighted by molar-refractivity contribution is 0.0995. The van der Waals surface area contributed by atoms with E-state index in [1.807, 2.05) is 16.7 Å². The number of hydrogen-bond acceptors (Lipinski definition) is 9. The summed E-state index contributed by atoms with van der Waals surface area (Å²) in [4.78, 5) is 29.8. The molecule has 0 saturated carbocycles. The zero-order valence-electron chi connectivity index (χ0n) is 18.7. The van der Waals surface area contributed by atoms with Crippen molar-refractivity contribution in [2.45, 2.75) is 19.9 Å². The summed E-state index contributed by atoms with van der Waals surface area (Å²) < 4.78 is 13.5. The molecule has 3 heterocycles. The number of ether oxygens (including phenoxy) is 2. The number of fused-ring (bicyclic) bond motifs is 3. The molecule has 0 atom stereocenters. The highest BCUT2D eigenvalue weighted by molar-refractivity contribution is 5.96. The van der Waals surface area contributed by atoms with E-state index in [0.717, 1.165) is 24.2 Å². The molecule has 1 aromatic carbocycles. The van der Waals surface area contributed by atoms with Crippen molar-refractivity contribution in [3.05, 3.63) is 41.5 Å². The van der Waals surface area contributed by atoms with Crippen LogP contribution in [0.5, 0.6) is 11.5 Å². The second kappa shape index (κ2) is 10.4. The topological polar surface area (TPSA) is 136 Å². The average molecular weight is 454 g/mol. The van der Waals surface area contributed by atoms with E-state index in [0.29, 0.717) is 54.6 Å². The Kier molecular flexibility index (Phi) is 7.10. The molecule has 0 fully saturated rings. The zero-order valence-corrected chi connectivity index (χ0v) is 18.7. The number of hydrogen-bond donors (Lipinski definition) is 3. The fourth-order valence-electron chi connectivity index (χ4n) is 3.59. The Bertz CT molecular complexity index is 1210. The molecular formula is C22H27N7O4. The molecule has 0 radical (unpaired) electrons. The maximum absolute atomic E-state index is 12.7. The molecule has 0 aliphatic carbocycles. The molecule has 0 saturated heterocycles. The third kappa shape index (κ3) is 4.94. The Morgan fingerprint density at radius 3 is 2.88 bits per heavy atom. The molecule has 1 aliphatic heterocycles. The van der Waals surface area contributed by atoms with Gasteiger partial charge < -0.3 is 25.2 Å². The largest absolute Gasteiger partial charge is 0.491 e. The van der Waals surface area contributed by atoms with E-state index in [-0.39, 0.29) is 12.2 Å². The van der Waals surface area contributed by atoms with Crippen molar-refractivity contribution in [1.29, 1.82) is 0 Å². The van der Waals surface area contributed by atoms with E-state index in [1.54, 1.807) is 14.0 Å². The van der Waals surface area contributed by atoms with E-state index >= 15 is 0 Å². The second-order valence-corrected chi connectivity index (χ2v) is 7.44. The molecule has 0 bridgehead atoms. The number of aromatic nitrogens is 4. The molecule has 4 rings (SSSR count). The van der Waals surface area contributed by atoms with Gasteiger partial charge in [-0.1, -0.05) is 0 Å². The van der Waals surface area contributed by atoms with E-state index in [2.05, 4.69) is 30.6 Å². The number of carbonyl (C=O) groups excluding carboxylic acids is 1. The van der Waals surface area contributed by atoms with Gasteiger partial charge >= 0.3 is 0 Å². The van der Waals surface area contributed by atoms with Crippen LogP contribution in [-0.4, -0.2) is 70.5 Å². The highest BCUT2D eigenvalue weighted by Crippen LogP contribution is 2.37. The van der Waals surface area contributed by atoms with Gasteiger partial charge in [0, 0.05) is 37.4 Å². The molecule has 11 nitrogen and oxygen atoms in total. The normalized spacial score (nSPS) is 13.1. The van der Waals surface area contributed by atoms with Crippen LogP contribution in [0.15, 0.2) is 29.5 Å². The van der Waals surface area contributed by atoms with E-state index < -0.39 is 5.91 Å². The molecule has 3 N–H and O–H groups in total. The predicted octanol–water partition coefficient (Wildman–Crippen LogP) is 0.661. The van der Waals surface area contributed by atoms with Crippen LogP contribution in [0.3, 0.4) is 0 Å². The van der Waals surface area contributed by atoms with Crippen LogP contribution in [0.25, 0.3) is 10.9 Å². The van der Waals surface area contributed by atoms with Crippen molar-refractivity contribution in [3.8, 4) is 11.5 Å². The summed E-state index contributed by atoms with van der Waals surface area (Å²) in [6, 6.07) is 3.78. The lowest BCUT2D eigenvalue weighted by atomic mass is 10.2. The van der Waals surface area contributed by atoms with Crippen molar-refractivity contribution in [2.24, 2.45) is 4.99 Å².